The van der Waals surface area contributed by atoms with Crippen molar-refractivity contribution in [3.63, 3.8) is 0 Å². The Morgan fingerprint density at radius 1 is 1.14 bits per heavy atom. The SMILES string of the molecule is CCn1c(-c2ccnc(Nc3ccc(S(=O)(=O)N(CCOC)C(C)(C)C)cc3)n2)cnc1C=C(C)C. The van der Waals surface area contributed by atoms with Crippen LogP contribution in [0.3, 0.4) is 0 Å². The van der Waals surface area contributed by atoms with Crippen molar-refractivity contribution in [1.82, 2.24) is 23.8 Å². The fourth-order valence-corrected chi connectivity index (χ4v) is 5.59. The third-order valence-corrected chi connectivity index (χ3v) is 7.66. The second kappa shape index (κ2) is 11.3. The summed E-state index contributed by atoms with van der Waals surface area (Å²) in [4.78, 5) is 13.7. The molecule has 0 aliphatic carbocycles. The van der Waals surface area contributed by atoms with E-state index in [1.165, 1.54) is 9.88 Å². The van der Waals surface area contributed by atoms with Crippen molar-refractivity contribution in [3.8, 4) is 11.4 Å². The van der Waals surface area contributed by atoms with E-state index in [9.17, 15) is 8.42 Å². The summed E-state index contributed by atoms with van der Waals surface area (Å²) in [5, 5.41) is 3.17. The molecule has 1 aromatic carbocycles. The minimum Gasteiger partial charge on any atom is -0.383 e. The smallest absolute Gasteiger partial charge is 0.243 e. The third kappa shape index (κ3) is 6.37. The molecule has 0 aliphatic rings. The van der Waals surface area contributed by atoms with E-state index in [0.29, 0.717) is 18.2 Å². The number of methoxy groups -OCH3 is 1. The van der Waals surface area contributed by atoms with Crippen LogP contribution in [0.1, 0.15) is 47.4 Å². The highest BCUT2D eigenvalue weighted by Gasteiger charge is 2.33. The van der Waals surface area contributed by atoms with Gasteiger partial charge in [-0.1, -0.05) is 5.57 Å². The Bertz CT molecular complexity index is 1300. The Labute approximate surface area is 214 Å². The molecular weight excluding hydrogens is 476 g/mol. The molecule has 36 heavy (non-hydrogen) atoms. The first-order valence-corrected chi connectivity index (χ1v) is 13.3. The van der Waals surface area contributed by atoms with Gasteiger partial charge in [0.2, 0.25) is 16.0 Å². The molecule has 0 spiro atoms. The van der Waals surface area contributed by atoms with Crippen LogP contribution in [0.25, 0.3) is 17.5 Å². The van der Waals surface area contributed by atoms with Crippen molar-refractivity contribution in [1.29, 1.82) is 0 Å². The van der Waals surface area contributed by atoms with Crippen molar-refractivity contribution in [2.24, 2.45) is 0 Å². The number of aromatic nitrogens is 4. The summed E-state index contributed by atoms with van der Waals surface area (Å²) in [6, 6.07) is 8.44. The lowest BCUT2D eigenvalue weighted by molar-refractivity contribution is 0.148. The van der Waals surface area contributed by atoms with Crippen LogP contribution in [0.15, 0.2) is 53.2 Å². The Hall–Kier alpha value is -3.08. The molecule has 0 aliphatic heterocycles. The van der Waals surface area contributed by atoms with Gasteiger partial charge in [-0.05, 0) is 78.0 Å². The molecule has 2 heterocycles. The molecule has 0 radical (unpaired) electrons. The zero-order valence-corrected chi connectivity index (χ0v) is 22.9. The lowest BCUT2D eigenvalue weighted by atomic mass is 10.1. The van der Waals surface area contributed by atoms with Gasteiger partial charge in [0.25, 0.3) is 0 Å². The van der Waals surface area contributed by atoms with Crippen LogP contribution in [-0.4, -0.2) is 58.0 Å². The average molecular weight is 513 g/mol. The highest BCUT2D eigenvalue weighted by molar-refractivity contribution is 7.89. The molecule has 0 fully saturated rings. The lowest BCUT2D eigenvalue weighted by Crippen LogP contribution is -2.47. The lowest BCUT2D eigenvalue weighted by Gasteiger charge is -2.34. The van der Waals surface area contributed by atoms with E-state index in [-0.39, 0.29) is 11.4 Å². The summed E-state index contributed by atoms with van der Waals surface area (Å²) >= 11 is 0. The van der Waals surface area contributed by atoms with Gasteiger partial charge in [0.1, 0.15) is 5.82 Å². The van der Waals surface area contributed by atoms with Crippen molar-refractivity contribution < 1.29 is 13.2 Å². The van der Waals surface area contributed by atoms with E-state index in [1.807, 2.05) is 53.0 Å². The number of hydrogen-bond acceptors (Lipinski definition) is 7. The second-order valence-corrected chi connectivity index (χ2v) is 11.5. The van der Waals surface area contributed by atoms with Crippen molar-refractivity contribution in [2.75, 3.05) is 25.6 Å². The highest BCUT2D eigenvalue weighted by atomic mass is 32.2. The number of sulfonamides is 1. The molecule has 0 saturated heterocycles. The summed E-state index contributed by atoms with van der Waals surface area (Å²) < 4.78 is 35.3. The minimum atomic E-state index is -3.70. The van der Waals surface area contributed by atoms with Crippen LogP contribution < -0.4 is 5.32 Å². The fraction of sp³-hybridized carbons (Fsp3) is 0.423. The zero-order valence-electron chi connectivity index (χ0n) is 22.1. The highest BCUT2D eigenvalue weighted by Crippen LogP contribution is 2.26. The number of hydrogen-bond donors (Lipinski definition) is 1. The normalized spacial score (nSPS) is 12.1. The summed E-state index contributed by atoms with van der Waals surface area (Å²) in [6.45, 7) is 13.1. The molecule has 194 valence electrons. The van der Waals surface area contributed by atoms with Crippen molar-refractivity contribution in [3.05, 3.63) is 54.1 Å². The maximum atomic E-state index is 13.3. The third-order valence-electron chi connectivity index (χ3n) is 5.48. The largest absolute Gasteiger partial charge is 0.383 e. The molecule has 0 atom stereocenters. The molecule has 3 rings (SSSR count). The minimum absolute atomic E-state index is 0.215. The average Bonchev–Trinajstić information content (AvgIpc) is 3.20. The van der Waals surface area contributed by atoms with E-state index >= 15 is 0 Å². The van der Waals surface area contributed by atoms with Crippen molar-refractivity contribution in [2.45, 2.75) is 58.5 Å². The first kappa shape index (κ1) is 27.5. The molecule has 10 heteroatoms. The van der Waals surface area contributed by atoms with Gasteiger partial charge < -0.3 is 14.6 Å². The van der Waals surface area contributed by atoms with Gasteiger partial charge in [-0.25, -0.2) is 23.4 Å². The number of nitrogens with zero attached hydrogens (tertiary/aromatic N) is 5. The summed E-state index contributed by atoms with van der Waals surface area (Å²) in [5.74, 6) is 1.29. The first-order valence-electron chi connectivity index (χ1n) is 11.9. The molecule has 1 N–H and O–H groups in total. The quantitative estimate of drug-likeness (QED) is 0.409. The number of imidazole rings is 1. The molecule has 0 saturated carbocycles. The maximum Gasteiger partial charge on any atom is 0.243 e. The molecule has 2 aromatic heterocycles. The monoisotopic (exact) mass is 512 g/mol. The predicted octanol–water partition coefficient (Wildman–Crippen LogP) is 4.96. The summed E-state index contributed by atoms with van der Waals surface area (Å²) in [5.41, 5.74) is 2.91. The second-order valence-electron chi connectivity index (χ2n) is 9.62. The van der Waals surface area contributed by atoms with Gasteiger partial charge in [-0.3, -0.25) is 0 Å². The van der Waals surface area contributed by atoms with Crippen LogP contribution >= 0.6 is 0 Å². The number of anilines is 2. The molecule has 0 unspecified atom stereocenters. The number of allylic oxidation sites excluding steroid dienone is 1. The molecule has 3 aromatic rings. The van der Waals surface area contributed by atoms with E-state index in [4.69, 9.17) is 4.74 Å². The van der Waals surface area contributed by atoms with Gasteiger partial charge >= 0.3 is 0 Å². The molecule has 0 amide bonds. The zero-order chi connectivity index (χ0) is 26.5. The molecule has 0 bridgehead atoms. The van der Waals surface area contributed by atoms with Gasteiger partial charge in [0.15, 0.2) is 0 Å². The summed E-state index contributed by atoms with van der Waals surface area (Å²) in [6.07, 6.45) is 5.54. The Balaban J connectivity index is 1.84. The van der Waals surface area contributed by atoms with E-state index < -0.39 is 15.6 Å². The predicted molar refractivity (Wildman–Crippen MR) is 143 cm³/mol. The number of ether oxygens (including phenoxy) is 1. The van der Waals surface area contributed by atoms with Gasteiger partial charge in [0, 0.05) is 37.6 Å². The first-order chi connectivity index (χ1) is 17.0. The van der Waals surface area contributed by atoms with E-state index in [0.717, 1.165) is 23.8 Å². The topological polar surface area (TPSA) is 102 Å². The van der Waals surface area contributed by atoms with Gasteiger partial charge in [-0.2, -0.15) is 4.31 Å². The molecular formula is C26H36N6O3S. The fourth-order valence-electron chi connectivity index (χ4n) is 3.82. The van der Waals surface area contributed by atoms with E-state index in [1.54, 1.807) is 37.6 Å². The van der Waals surface area contributed by atoms with Crippen LogP contribution in [-0.2, 0) is 21.3 Å². The van der Waals surface area contributed by atoms with Crippen molar-refractivity contribution >= 4 is 27.7 Å². The Morgan fingerprint density at radius 3 is 2.42 bits per heavy atom. The number of benzene rings is 1. The molecule has 9 nitrogen and oxygen atoms in total. The number of rotatable bonds is 10. The van der Waals surface area contributed by atoms with E-state index in [2.05, 4.69) is 31.8 Å². The summed E-state index contributed by atoms with van der Waals surface area (Å²) in [7, 11) is -2.14. The van der Waals surface area contributed by atoms with Crippen LogP contribution in [0.5, 0.6) is 0 Å². The Kier molecular flexibility index (Phi) is 8.65. The van der Waals surface area contributed by atoms with Gasteiger partial charge in [0.05, 0.1) is 29.1 Å². The van der Waals surface area contributed by atoms with Crippen LogP contribution in [0, 0.1) is 0 Å². The standard InChI is InChI=1S/C26H36N6O3S/c1-8-31-23(18-28-24(31)17-19(2)3)22-13-14-27-25(30-22)29-20-9-11-21(12-10-20)36(33,34)32(15-16-35-7)26(4,5)6/h9-14,17-18H,8,15-16H2,1-7H3,(H,27,29,30). The maximum absolute atomic E-state index is 13.3. The Morgan fingerprint density at radius 2 is 1.83 bits per heavy atom. The van der Waals surface area contributed by atoms with Crippen LogP contribution in [0.2, 0.25) is 0 Å². The number of nitrogens with one attached hydrogen (secondary N) is 1. The van der Waals surface area contributed by atoms with Gasteiger partial charge in [-0.15, -0.1) is 0 Å². The van der Waals surface area contributed by atoms with Crippen LogP contribution in [0.4, 0.5) is 11.6 Å².